The fraction of sp³-hybridized carbons (Fsp3) is 0.171. The zero-order valence-electron chi connectivity index (χ0n) is 24.3. The van der Waals surface area contributed by atoms with E-state index in [9.17, 15) is 14.7 Å². The number of rotatable bonds is 7. The molecule has 3 heterocycles. The number of benzene rings is 4. The molecule has 1 N–H and O–H groups in total. The molecule has 0 bridgehead atoms. The third-order valence-corrected chi connectivity index (χ3v) is 9.15. The quantitative estimate of drug-likeness (QED) is 0.112. The van der Waals surface area contributed by atoms with Gasteiger partial charge in [-0.2, -0.15) is 0 Å². The summed E-state index contributed by atoms with van der Waals surface area (Å²) in [7, 11) is 1.52. The van der Waals surface area contributed by atoms with Gasteiger partial charge in [0.2, 0.25) is 0 Å². The van der Waals surface area contributed by atoms with E-state index in [1.165, 1.54) is 23.3 Å². The summed E-state index contributed by atoms with van der Waals surface area (Å²) in [5.74, 6) is -0.259. The van der Waals surface area contributed by atoms with Crippen LogP contribution in [0.25, 0.3) is 16.0 Å². The van der Waals surface area contributed by atoms with Crippen molar-refractivity contribution in [1.82, 2.24) is 4.98 Å². The molecule has 2 aliphatic rings. The Morgan fingerprint density at radius 2 is 1.87 bits per heavy atom. The number of anilines is 1. The minimum absolute atomic E-state index is 0.00519. The molecule has 4 aromatic carbocycles. The van der Waals surface area contributed by atoms with Gasteiger partial charge in [0, 0.05) is 17.0 Å². The molecular weight excluding hydrogens is 612 g/mol. The predicted octanol–water partition coefficient (Wildman–Crippen LogP) is 7.49. The number of fused-ring (bicyclic) bond motifs is 2. The summed E-state index contributed by atoms with van der Waals surface area (Å²) in [6, 6.07) is 24.5. The number of thiazole rings is 1. The number of carbonyl (C=O) groups excluding carboxylic acids is 2. The fourth-order valence-corrected chi connectivity index (χ4v) is 7.04. The fourth-order valence-electron chi connectivity index (χ4n) is 5.77. The Balaban J connectivity index is 1.35. The van der Waals surface area contributed by atoms with Gasteiger partial charge in [0.25, 0.3) is 5.78 Å². The number of halogens is 1. The van der Waals surface area contributed by atoms with Crippen LogP contribution < -0.4 is 19.1 Å². The molecule has 10 heteroatoms. The second-order valence-electron chi connectivity index (χ2n) is 10.9. The number of hydrogen-bond acceptors (Lipinski definition) is 8. The average Bonchev–Trinajstić information content (AvgIpc) is 3.71. The molecule has 1 fully saturated rings. The van der Waals surface area contributed by atoms with Gasteiger partial charge < -0.3 is 19.3 Å². The van der Waals surface area contributed by atoms with Crippen molar-refractivity contribution in [3.63, 3.8) is 0 Å². The molecule has 5 aromatic rings. The van der Waals surface area contributed by atoms with E-state index < -0.39 is 17.7 Å². The van der Waals surface area contributed by atoms with Crippen LogP contribution in [0.4, 0.5) is 5.13 Å². The molecule has 7 rings (SSSR count). The van der Waals surface area contributed by atoms with Crippen LogP contribution in [-0.2, 0) is 22.6 Å². The molecule has 0 spiro atoms. The lowest BCUT2D eigenvalue weighted by Gasteiger charge is -2.24. The van der Waals surface area contributed by atoms with Crippen molar-refractivity contribution in [3.8, 4) is 17.2 Å². The number of nitrogens with zero attached hydrogens (tertiary/aromatic N) is 2. The number of ether oxygens (including phenoxy) is 3. The number of aliphatic hydroxyl groups is 1. The van der Waals surface area contributed by atoms with Crippen LogP contribution >= 0.6 is 22.9 Å². The number of aliphatic hydroxyl groups excluding tert-OH is 1. The van der Waals surface area contributed by atoms with Crippen molar-refractivity contribution >= 4 is 55.7 Å². The first-order chi connectivity index (χ1) is 21.8. The van der Waals surface area contributed by atoms with Gasteiger partial charge in [0.1, 0.15) is 24.2 Å². The van der Waals surface area contributed by atoms with Crippen LogP contribution in [0.1, 0.15) is 35.2 Å². The van der Waals surface area contributed by atoms with Crippen LogP contribution in [0.5, 0.6) is 17.2 Å². The Bertz CT molecular complexity index is 2010. The van der Waals surface area contributed by atoms with E-state index in [1.54, 1.807) is 54.6 Å². The normalized spacial score (nSPS) is 18.7. The van der Waals surface area contributed by atoms with E-state index in [1.807, 2.05) is 37.3 Å². The number of aromatic nitrogens is 1. The average molecular weight is 639 g/mol. The maximum absolute atomic E-state index is 13.8. The molecule has 0 aliphatic carbocycles. The standard InChI is InChI=1S/C35H27ClN2O6S/c1-19-14-23-15-22(9-12-26(23)44-19)32(39)30-31(21-8-13-27(28(16-21)42-2)43-18-20-6-4-3-5-7-20)38(34(41)33(30)40)35-37-25-11-10-24(36)17-29(25)45-35/h3-13,15-17,19,31,39H,14,18H2,1-2H3/b32-30+/t19-,31+/m0/s1. The second kappa shape index (κ2) is 11.6. The lowest BCUT2D eigenvalue weighted by atomic mass is 9.94. The number of hydrogen-bond donors (Lipinski definition) is 1. The van der Waals surface area contributed by atoms with E-state index >= 15 is 0 Å². The first-order valence-electron chi connectivity index (χ1n) is 14.3. The van der Waals surface area contributed by atoms with E-state index in [0.29, 0.717) is 51.3 Å². The monoisotopic (exact) mass is 638 g/mol. The van der Waals surface area contributed by atoms with Crippen molar-refractivity contribution in [3.05, 3.63) is 118 Å². The Kier molecular flexibility index (Phi) is 7.43. The maximum atomic E-state index is 13.8. The molecule has 0 radical (unpaired) electrons. The maximum Gasteiger partial charge on any atom is 0.301 e. The van der Waals surface area contributed by atoms with Gasteiger partial charge in [-0.15, -0.1) is 0 Å². The van der Waals surface area contributed by atoms with Gasteiger partial charge in [-0.1, -0.05) is 59.3 Å². The van der Waals surface area contributed by atoms with Crippen molar-refractivity contribution in [2.45, 2.75) is 32.1 Å². The predicted molar refractivity (Wildman–Crippen MR) is 173 cm³/mol. The highest BCUT2D eigenvalue weighted by atomic mass is 35.5. The van der Waals surface area contributed by atoms with Crippen molar-refractivity contribution in [2.24, 2.45) is 0 Å². The Morgan fingerprint density at radius 1 is 1.04 bits per heavy atom. The summed E-state index contributed by atoms with van der Waals surface area (Å²) in [6.07, 6.45) is 0.676. The first-order valence-corrected chi connectivity index (χ1v) is 15.5. The zero-order valence-corrected chi connectivity index (χ0v) is 25.9. The van der Waals surface area contributed by atoms with E-state index in [-0.39, 0.29) is 17.4 Å². The lowest BCUT2D eigenvalue weighted by molar-refractivity contribution is -0.132. The lowest BCUT2D eigenvalue weighted by Crippen LogP contribution is -2.29. The van der Waals surface area contributed by atoms with Crippen LogP contribution in [0.2, 0.25) is 5.02 Å². The molecule has 1 amide bonds. The minimum atomic E-state index is -0.999. The highest BCUT2D eigenvalue weighted by Gasteiger charge is 2.48. The SMILES string of the molecule is COc1cc([C@@H]2/C(=C(\O)c3ccc4c(c3)C[C@H](C)O4)C(=O)C(=O)N2c2nc3ccc(Cl)cc3s2)ccc1OCc1ccccc1. The number of ketones is 1. The summed E-state index contributed by atoms with van der Waals surface area (Å²) >= 11 is 7.47. The molecule has 45 heavy (non-hydrogen) atoms. The largest absolute Gasteiger partial charge is 0.507 e. The van der Waals surface area contributed by atoms with Gasteiger partial charge >= 0.3 is 5.91 Å². The van der Waals surface area contributed by atoms with Crippen molar-refractivity contribution in [1.29, 1.82) is 0 Å². The summed E-state index contributed by atoms with van der Waals surface area (Å²) in [6.45, 7) is 2.29. The summed E-state index contributed by atoms with van der Waals surface area (Å²) in [4.78, 5) is 33.6. The number of Topliss-reactive ketones (excluding diaryl/α,β-unsaturated/α-hetero) is 1. The third-order valence-electron chi connectivity index (χ3n) is 7.90. The molecule has 0 unspecified atom stereocenters. The van der Waals surface area contributed by atoms with Crippen molar-refractivity contribution in [2.75, 3.05) is 12.0 Å². The van der Waals surface area contributed by atoms with Crippen LogP contribution in [0.3, 0.4) is 0 Å². The smallest absolute Gasteiger partial charge is 0.301 e. The topological polar surface area (TPSA) is 98.2 Å². The third kappa shape index (κ3) is 5.28. The molecule has 2 aliphatic heterocycles. The zero-order chi connectivity index (χ0) is 31.2. The molecule has 226 valence electrons. The summed E-state index contributed by atoms with van der Waals surface area (Å²) in [5, 5.41) is 12.6. The van der Waals surface area contributed by atoms with Gasteiger partial charge in [-0.05, 0) is 72.1 Å². The van der Waals surface area contributed by atoms with Gasteiger partial charge in [-0.25, -0.2) is 4.98 Å². The Hall–Kier alpha value is -4.86. The van der Waals surface area contributed by atoms with Crippen LogP contribution in [0.15, 0.2) is 90.5 Å². The highest BCUT2D eigenvalue weighted by Crippen LogP contribution is 2.46. The highest BCUT2D eigenvalue weighted by molar-refractivity contribution is 7.22. The molecule has 1 saturated heterocycles. The van der Waals surface area contributed by atoms with Gasteiger partial charge in [0.15, 0.2) is 16.6 Å². The summed E-state index contributed by atoms with van der Waals surface area (Å²) < 4.78 is 18.3. The summed E-state index contributed by atoms with van der Waals surface area (Å²) in [5.41, 5.74) is 3.44. The first kappa shape index (κ1) is 28.9. The van der Waals surface area contributed by atoms with Crippen molar-refractivity contribution < 1.29 is 28.9 Å². The van der Waals surface area contributed by atoms with Gasteiger partial charge in [0.05, 0.1) is 28.9 Å². The Morgan fingerprint density at radius 3 is 2.67 bits per heavy atom. The number of carbonyl (C=O) groups is 2. The molecule has 0 saturated carbocycles. The van der Waals surface area contributed by atoms with Gasteiger partial charge in [-0.3, -0.25) is 14.5 Å². The molecule has 2 atom stereocenters. The number of amides is 1. The van der Waals surface area contributed by atoms with E-state index in [0.717, 1.165) is 21.6 Å². The number of methoxy groups -OCH3 is 1. The minimum Gasteiger partial charge on any atom is -0.507 e. The molecular formula is C35H27ClN2O6S. The molecule has 1 aromatic heterocycles. The Labute approximate surface area is 268 Å². The van der Waals surface area contributed by atoms with Crippen LogP contribution in [-0.4, -0.2) is 35.0 Å². The second-order valence-corrected chi connectivity index (χ2v) is 12.4. The van der Waals surface area contributed by atoms with E-state index in [4.69, 9.17) is 25.8 Å². The molecule has 8 nitrogen and oxygen atoms in total. The van der Waals surface area contributed by atoms with Crippen LogP contribution in [0, 0.1) is 0 Å². The van der Waals surface area contributed by atoms with E-state index in [2.05, 4.69) is 4.98 Å².